The standard InChI is InChI=1S/C26H31N5O2S/c1-5-18-8-6-9-21(16-18)29-25(33)28-20-12-10-19(11-13-20)23-22(24(32)30(3)4)17(2)27-26-31(23)14-7-15-34-26/h6,8-13,16,23H,5,7,14-15H2,1-4H3,(H2,28,29,33)/t23-/m0/s1. The minimum absolute atomic E-state index is 0.0308. The number of urea groups is 1. The number of fused-ring (bicyclic) bond motifs is 1. The van der Waals surface area contributed by atoms with Gasteiger partial charge in [0.1, 0.15) is 0 Å². The van der Waals surface area contributed by atoms with Crippen molar-refractivity contribution >= 4 is 40.2 Å². The van der Waals surface area contributed by atoms with Crippen LogP contribution in [-0.4, -0.2) is 53.3 Å². The second kappa shape index (κ2) is 10.3. The molecule has 2 aromatic rings. The highest BCUT2D eigenvalue weighted by atomic mass is 32.2. The number of carbonyl (C=O) groups is 2. The predicted molar refractivity (Wildman–Crippen MR) is 140 cm³/mol. The quantitative estimate of drug-likeness (QED) is 0.628. The summed E-state index contributed by atoms with van der Waals surface area (Å²) in [4.78, 5) is 34.2. The molecule has 1 saturated heterocycles. The van der Waals surface area contributed by atoms with Crippen molar-refractivity contribution in [3.63, 3.8) is 0 Å². The SMILES string of the molecule is CCc1cccc(NC(=O)Nc2ccc([C@H]3C(C(=O)N(C)C)=C(C)N=C4SCCCN43)cc2)c1. The van der Waals surface area contributed by atoms with Crippen molar-refractivity contribution in [3.05, 3.63) is 70.9 Å². The molecule has 178 valence electrons. The fourth-order valence-electron chi connectivity index (χ4n) is 4.24. The van der Waals surface area contributed by atoms with E-state index in [2.05, 4.69) is 22.5 Å². The molecule has 34 heavy (non-hydrogen) atoms. The van der Waals surface area contributed by atoms with Gasteiger partial charge in [0.05, 0.1) is 17.3 Å². The Balaban J connectivity index is 1.54. The van der Waals surface area contributed by atoms with E-state index >= 15 is 0 Å². The zero-order valence-corrected chi connectivity index (χ0v) is 20.9. The summed E-state index contributed by atoms with van der Waals surface area (Å²) in [6, 6.07) is 15.1. The van der Waals surface area contributed by atoms with Crippen LogP contribution in [0.25, 0.3) is 0 Å². The Morgan fingerprint density at radius 1 is 1.12 bits per heavy atom. The van der Waals surface area contributed by atoms with E-state index in [0.29, 0.717) is 11.3 Å². The largest absolute Gasteiger partial charge is 0.345 e. The number of nitrogens with one attached hydrogen (secondary N) is 2. The van der Waals surface area contributed by atoms with Crippen molar-refractivity contribution < 1.29 is 9.59 Å². The zero-order chi connectivity index (χ0) is 24.2. The Labute approximate surface area is 205 Å². The van der Waals surface area contributed by atoms with Crippen molar-refractivity contribution in [1.82, 2.24) is 9.80 Å². The van der Waals surface area contributed by atoms with Crippen molar-refractivity contribution in [2.75, 3.05) is 37.0 Å². The van der Waals surface area contributed by atoms with Gasteiger partial charge < -0.3 is 20.4 Å². The van der Waals surface area contributed by atoms with Crippen molar-refractivity contribution in [1.29, 1.82) is 0 Å². The lowest BCUT2D eigenvalue weighted by Gasteiger charge is -2.41. The summed E-state index contributed by atoms with van der Waals surface area (Å²) in [6.45, 7) is 4.85. The Morgan fingerprint density at radius 3 is 2.56 bits per heavy atom. The molecule has 2 aliphatic rings. The number of rotatable bonds is 5. The second-order valence-electron chi connectivity index (χ2n) is 8.65. The van der Waals surface area contributed by atoms with Gasteiger partial charge in [-0.3, -0.25) is 4.79 Å². The van der Waals surface area contributed by atoms with Crippen LogP contribution in [-0.2, 0) is 11.2 Å². The minimum Gasteiger partial charge on any atom is -0.345 e. The molecule has 2 aromatic carbocycles. The molecule has 0 bridgehead atoms. The number of benzene rings is 2. The number of carbonyl (C=O) groups excluding carboxylic acids is 2. The first-order chi connectivity index (χ1) is 16.4. The molecule has 2 N–H and O–H groups in total. The van der Waals surface area contributed by atoms with E-state index in [-0.39, 0.29) is 18.0 Å². The topological polar surface area (TPSA) is 77.0 Å². The first kappa shape index (κ1) is 23.9. The Hall–Kier alpha value is -3.26. The Bertz CT molecular complexity index is 1140. The van der Waals surface area contributed by atoms with E-state index in [4.69, 9.17) is 4.99 Å². The molecular weight excluding hydrogens is 446 g/mol. The van der Waals surface area contributed by atoms with Crippen LogP contribution in [0, 0.1) is 0 Å². The average Bonchev–Trinajstić information content (AvgIpc) is 2.83. The average molecular weight is 478 g/mol. The van der Waals surface area contributed by atoms with E-state index in [1.165, 1.54) is 5.56 Å². The summed E-state index contributed by atoms with van der Waals surface area (Å²) < 4.78 is 0. The Kier molecular flexibility index (Phi) is 7.26. The third-order valence-corrected chi connectivity index (χ3v) is 7.05. The van der Waals surface area contributed by atoms with E-state index in [1.54, 1.807) is 30.8 Å². The fourth-order valence-corrected chi connectivity index (χ4v) is 5.26. The molecule has 0 radical (unpaired) electrons. The summed E-state index contributed by atoms with van der Waals surface area (Å²) in [7, 11) is 3.54. The molecule has 0 spiro atoms. The van der Waals surface area contributed by atoms with E-state index in [9.17, 15) is 9.59 Å². The van der Waals surface area contributed by atoms with Crippen LogP contribution >= 0.6 is 11.8 Å². The van der Waals surface area contributed by atoms with Gasteiger partial charge in [0, 0.05) is 37.8 Å². The lowest BCUT2D eigenvalue weighted by atomic mass is 9.93. The summed E-state index contributed by atoms with van der Waals surface area (Å²) in [6.07, 6.45) is 1.95. The summed E-state index contributed by atoms with van der Waals surface area (Å²) in [5.41, 5.74) is 5.08. The number of hydrogen-bond acceptors (Lipinski definition) is 5. The molecule has 0 unspecified atom stereocenters. The molecule has 4 rings (SSSR count). The minimum atomic E-state index is -0.292. The van der Waals surface area contributed by atoms with Crippen LogP contribution in [0.5, 0.6) is 0 Å². The number of likely N-dealkylation sites (N-methyl/N-ethyl adjacent to an activating group) is 1. The van der Waals surface area contributed by atoms with Gasteiger partial charge in [0.15, 0.2) is 5.17 Å². The van der Waals surface area contributed by atoms with Gasteiger partial charge in [-0.2, -0.15) is 0 Å². The van der Waals surface area contributed by atoms with Gasteiger partial charge in [-0.15, -0.1) is 0 Å². The molecule has 0 aliphatic carbocycles. The predicted octanol–water partition coefficient (Wildman–Crippen LogP) is 5.10. The van der Waals surface area contributed by atoms with Crippen molar-refractivity contribution in [3.8, 4) is 0 Å². The van der Waals surface area contributed by atoms with Gasteiger partial charge in [-0.25, -0.2) is 9.79 Å². The van der Waals surface area contributed by atoms with Gasteiger partial charge >= 0.3 is 6.03 Å². The number of amidine groups is 1. The summed E-state index contributed by atoms with van der Waals surface area (Å²) in [5, 5.41) is 6.75. The zero-order valence-electron chi connectivity index (χ0n) is 20.1. The van der Waals surface area contributed by atoms with Crippen LogP contribution in [0.1, 0.15) is 37.4 Å². The highest BCUT2D eigenvalue weighted by Crippen LogP contribution is 2.40. The first-order valence-electron chi connectivity index (χ1n) is 11.5. The fraction of sp³-hybridized carbons (Fsp3) is 0.346. The number of nitrogens with zero attached hydrogens (tertiary/aromatic N) is 3. The maximum absolute atomic E-state index is 13.1. The second-order valence-corrected chi connectivity index (χ2v) is 9.71. The number of amides is 3. The van der Waals surface area contributed by atoms with E-state index < -0.39 is 0 Å². The number of anilines is 2. The van der Waals surface area contributed by atoms with Gasteiger partial charge in [0.25, 0.3) is 5.91 Å². The smallest absolute Gasteiger partial charge is 0.323 e. The first-order valence-corrected chi connectivity index (χ1v) is 12.5. The number of aliphatic imine (C=N–C) groups is 1. The van der Waals surface area contributed by atoms with Gasteiger partial charge in [-0.05, 0) is 55.2 Å². The number of allylic oxidation sites excluding steroid dienone is 1. The number of aryl methyl sites for hydroxylation is 1. The maximum atomic E-state index is 13.1. The van der Waals surface area contributed by atoms with Crippen molar-refractivity contribution in [2.24, 2.45) is 4.99 Å². The van der Waals surface area contributed by atoms with Crippen LogP contribution in [0.4, 0.5) is 16.2 Å². The maximum Gasteiger partial charge on any atom is 0.323 e. The van der Waals surface area contributed by atoms with Crippen LogP contribution in [0.2, 0.25) is 0 Å². The molecule has 0 saturated carbocycles. The molecule has 7 nitrogen and oxygen atoms in total. The summed E-state index contributed by atoms with van der Waals surface area (Å²) in [5.74, 6) is 1.00. The van der Waals surface area contributed by atoms with Crippen LogP contribution < -0.4 is 10.6 Å². The lowest BCUT2D eigenvalue weighted by molar-refractivity contribution is -0.125. The molecule has 3 amide bonds. The molecule has 2 aliphatic heterocycles. The lowest BCUT2D eigenvalue weighted by Crippen LogP contribution is -2.43. The van der Waals surface area contributed by atoms with E-state index in [1.807, 2.05) is 55.5 Å². The molecular formula is C26H31N5O2S. The van der Waals surface area contributed by atoms with E-state index in [0.717, 1.165) is 47.3 Å². The molecule has 0 aromatic heterocycles. The normalized spacial score (nSPS) is 17.6. The van der Waals surface area contributed by atoms with Crippen LogP contribution in [0.3, 0.4) is 0 Å². The highest BCUT2D eigenvalue weighted by molar-refractivity contribution is 8.13. The van der Waals surface area contributed by atoms with Crippen LogP contribution in [0.15, 0.2) is 64.8 Å². The summed E-state index contributed by atoms with van der Waals surface area (Å²) >= 11 is 1.74. The molecule has 8 heteroatoms. The van der Waals surface area contributed by atoms with Gasteiger partial charge in [-0.1, -0.05) is 43.0 Å². The third kappa shape index (κ3) is 5.12. The third-order valence-electron chi connectivity index (χ3n) is 5.97. The number of hydrogen-bond donors (Lipinski definition) is 2. The molecule has 2 heterocycles. The van der Waals surface area contributed by atoms with Crippen molar-refractivity contribution in [2.45, 2.75) is 32.7 Å². The molecule has 1 atom stereocenters. The number of thioether (sulfide) groups is 1. The Morgan fingerprint density at radius 2 is 1.85 bits per heavy atom. The monoisotopic (exact) mass is 477 g/mol. The van der Waals surface area contributed by atoms with Gasteiger partial charge in [0.2, 0.25) is 0 Å². The highest BCUT2D eigenvalue weighted by Gasteiger charge is 2.37. The molecule has 1 fully saturated rings.